The SMILES string of the molecule is CC(C)c1cccc(C(C)C)c1-n1c(-c2[c-]ccc(-c3cc4c5c(c3)-n3c6ccc(C(C)(C)C)cc6c6cc(C(C)(C)C)cc(c63)B5c3cc(C(C)(C)C)ccc3O4)c2)nc2ccccc21.Cc1cnc(-c2[c-]cc(F)cc2)cc1C.[Ir]. The monoisotopic (exact) mass is 1260 g/mol. The molecule has 0 bridgehead atoms. The zero-order chi connectivity index (χ0) is 57.2. The minimum atomic E-state index is -0.275. The summed E-state index contributed by atoms with van der Waals surface area (Å²) in [5.74, 6) is 3.10. The maximum Gasteiger partial charge on any atom is 0.256 e. The molecule has 0 saturated heterocycles. The van der Waals surface area contributed by atoms with Crippen molar-refractivity contribution in [2.75, 3.05) is 0 Å². The fourth-order valence-corrected chi connectivity index (χ4v) is 12.1. The average Bonchev–Trinajstić information content (AvgIpc) is 2.91. The minimum absolute atomic E-state index is 0. The molecule has 0 spiro atoms. The predicted molar refractivity (Wildman–Crippen MR) is 339 cm³/mol. The van der Waals surface area contributed by atoms with E-state index in [4.69, 9.17) is 9.72 Å². The van der Waals surface area contributed by atoms with E-state index in [0.717, 1.165) is 61.9 Å². The summed E-state index contributed by atoms with van der Waals surface area (Å²) in [5.41, 5.74) is 24.5. The van der Waals surface area contributed by atoms with Crippen LogP contribution in [0.4, 0.5) is 4.39 Å². The minimum Gasteiger partial charge on any atom is -0.458 e. The number of imidazole rings is 1. The Bertz CT molecular complexity index is 4290. The largest absolute Gasteiger partial charge is 0.458 e. The van der Waals surface area contributed by atoms with Crippen LogP contribution < -0.4 is 21.1 Å². The summed E-state index contributed by atoms with van der Waals surface area (Å²) in [7, 11) is 0. The quantitative estimate of drug-likeness (QED) is 0.123. The van der Waals surface area contributed by atoms with Gasteiger partial charge in [0.25, 0.3) is 6.71 Å². The van der Waals surface area contributed by atoms with E-state index in [1.807, 2.05) is 26.1 Å². The van der Waals surface area contributed by atoms with E-state index >= 15 is 0 Å². The van der Waals surface area contributed by atoms with Gasteiger partial charge in [-0.1, -0.05) is 156 Å². The van der Waals surface area contributed by atoms with E-state index in [1.165, 1.54) is 95.1 Å². The number of benzene rings is 8. The maximum absolute atomic E-state index is 12.7. The number of ether oxygens (including phenoxy) is 1. The fraction of sp³-hybridized carbons (Fsp3) is 0.270. The number of aryl methyl sites for hydroxylation is 2. The van der Waals surface area contributed by atoms with E-state index in [9.17, 15) is 4.39 Å². The van der Waals surface area contributed by atoms with Crippen molar-refractivity contribution in [1.82, 2.24) is 19.1 Å². The third-order valence-electron chi connectivity index (χ3n) is 16.9. The molecule has 0 unspecified atom stereocenters. The van der Waals surface area contributed by atoms with Crippen LogP contribution in [0.25, 0.3) is 78.0 Å². The van der Waals surface area contributed by atoms with Crippen LogP contribution in [-0.4, -0.2) is 25.8 Å². The van der Waals surface area contributed by atoms with Gasteiger partial charge in [-0.3, -0.25) is 9.37 Å². The summed E-state index contributed by atoms with van der Waals surface area (Å²) in [6.07, 6.45) is 1.82. The molecular weight excluding hydrogens is 1180 g/mol. The Labute approximate surface area is 498 Å². The number of hydrogen-bond donors (Lipinski definition) is 0. The molecule has 11 aromatic rings. The summed E-state index contributed by atoms with van der Waals surface area (Å²) >= 11 is 0. The third-order valence-corrected chi connectivity index (χ3v) is 16.9. The number of halogens is 1. The summed E-state index contributed by atoms with van der Waals surface area (Å²) in [4.78, 5) is 9.68. The van der Waals surface area contributed by atoms with Crippen molar-refractivity contribution >= 4 is 55.9 Å². The van der Waals surface area contributed by atoms with Crippen LogP contribution in [0.2, 0.25) is 0 Å². The van der Waals surface area contributed by atoms with Gasteiger partial charge in [-0.15, -0.1) is 65.2 Å². The standard InChI is InChI=1S/C61H61BN3O.C13H11FN.Ir/c1-35(2)43-20-17-21-44(36(3)4)56(43)65-51-23-15-14-22-49(51)63-58(65)38-19-16-18-37(28-38)39-29-52-55-54(30-39)66-53-27-25-41(60(8,9)10)33-47(53)62(55)48-34-42(61(11,12)13)32-46-45-31-40(59(5,6)7)24-26-50(45)64(52)57(46)48;1-9-7-13(15-8-10(9)2)11-3-5-12(14)6-4-11;/h14-18,20-36H,1-13H3;3,5-8H,1-2H3;/q2*-1;. The van der Waals surface area contributed by atoms with Crippen molar-refractivity contribution in [3.63, 3.8) is 0 Å². The molecule has 1 radical (unpaired) electrons. The molecule has 8 aromatic carbocycles. The normalized spacial score (nSPS) is 12.8. The second-order valence-electron chi connectivity index (χ2n) is 26.4. The van der Waals surface area contributed by atoms with E-state index in [0.29, 0.717) is 11.8 Å². The average molecular weight is 1260 g/mol. The fourth-order valence-electron chi connectivity index (χ4n) is 12.1. The van der Waals surface area contributed by atoms with Gasteiger partial charge in [-0.25, -0.2) is 0 Å². The van der Waals surface area contributed by atoms with Crippen LogP contribution in [0, 0.1) is 31.8 Å². The Morgan fingerprint density at radius 2 is 1.24 bits per heavy atom. The Morgan fingerprint density at radius 3 is 1.91 bits per heavy atom. The van der Waals surface area contributed by atoms with Gasteiger partial charge in [0, 0.05) is 59.8 Å². The first kappa shape index (κ1) is 56.5. The smallest absolute Gasteiger partial charge is 0.256 e. The van der Waals surface area contributed by atoms with Gasteiger partial charge >= 0.3 is 0 Å². The van der Waals surface area contributed by atoms with Crippen molar-refractivity contribution in [1.29, 1.82) is 0 Å². The molecule has 8 heteroatoms. The van der Waals surface area contributed by atoms with Crippen molar-refractivity contribution in [3.8, 4) is 56.6 Å². The molecule has 13 rings (SSSR count). The molecule has 415 valence electrons. The number of aromatic nitrogens is 4. The predicted octanol–water partition coefficient (Wildman–Crippen LogP) is 17.6. The van der Waals surface area contributed by atoms with Crippen LogP contribution in [0.1, 0.15) is 141 Å². The number of nitrogens with zero attached hydrogens (tertiary/aromatic N) is 4. The number of hydrogen-bond acceptors (Lipinski definition) is 3. The molecule has 5 nitrogen and oxygen atoms in total. The molecule has 0 fully saturated rings. The number of rotatable bonds is 6. The molecule has 82 heavy (non-hydrogen) atoms. The first-order valence-corrected chi connectivity index (χ1v) is 28.8. The van der Waals surface area contributed by atoms with Gasteiger partial charge in [-0.05, 0) is 151 Å². The van der Waals surface area contributed by atoms with Crippen LogP contribution in [0.5, 0.6) is 11.5 Å². The number of pyridine rings is 1. The Morgan fingerprint density at radius 1 is 0.573 bits per heavy atom. The van der Waals surface area contributed by atoms with Gasteiger partial charge < -0.3 is 18.9 Å². The second-order valence-corrected chi connectivity index (χ2v) is 26.4. The van der Waals surface area contributed by atoms with E-state index in [2.05, 4.69) is 238 Å². The van der Waals surface area contributed by atoms with Crippen molar-refractivity contribution in [2.45, 2.75) is 132 Å². The van der Waals surface area contributed by atoms with Crippen LogP contribution in [0.3, 0.4) is 0 Å². The Kier molecular flexibility index (Phi) is 14.3. The number of fused-ring (bicyclic) bond motifs is 8. The van der Waals surface area contributed by atoms with Crippen molar-refractivity contribution in [2.24, 2.45) is 0 Å². The summed E-state index contributed by atoms with van der Waals surface area (Å²) in [6, 6.07) is 58.6. The van der Waals surface area contributed by atoms with Crippen molar-refractivity contribution in [3.05, 3.63) is 209 Å². The summed E-state index contributed by atoms with van der Waals surface area (Å²) in [6.45, 7) is 34.1. The van der Waals surface area contributed by atoms with E-state index in [-0.39, 0.29) is 48.9 Å². The maximum atomic E-state index is 12.7. The first-order chi connectivity index (χ1) is 38.4. The molecule has 2 aliphatic rings. The molecular formula is C74H72BFIrN4O-2. The molecule has 0 N–H and O–H groups in total. The number of para-hydroxylation sites is 3. The molecule has 2 aliphatic heterocycles. The molecule has 0 atom stereocenters. The molecule has 0 aliphatic carbocycles. The van der Waals surface area contributed by atoms with Gasteiger partial charge in [-0.2, -0.15) is 0 Å². The van der Waals surface area contributed by atoms with Crippen LogP contribution in [-0.2, 0) is 36.4 Å². The zero-order valence-electron chi connectivity index (χ0n) is 50.1. The van der Waals surface area contributed by atoms with Gasteiger partial charge in [0.15, 0.2) is 0 Å². The van der Waals surface area contributed by atoms with Gasteiger partial charge in [0.1, 0.15) is 11.5 Å². The summed E-state index contributed by atoms with van der Waals surface area (Å²) in [5, 5.41) is 2.61. The molecule has 3 aromatic heterocycles. The van der Waals surface area contributed by atoms with E-state index in [1.54, 1.807) is 6.07 Å². The second kappa shape index (κ2) is 20.8. The Hall–Kier alpha value is -7.38. The van der Waals surface area contributed by atoms with Crippen LogP contribution in [0.15, 0.2) is 152 Å². The van der Waals surface area contributed by atoms with E-state index < -0.39 is 0 Å². The molecule has 5 heterocycles. The summed E-state index contributed by atoms with van der Waals surface area (Å²) < 4.78 is 24.8. The zero-order valence-corrected chi connectivity index (χ0v) is 52.5. The van der Waals surface area contributed by atoms with Gasteiger partial charge in [0.2, 0.25) is 0 Å². The Balaban J connectivity index is 0.000000382. The van der Waals surface area contributed by atoms with Gasteiger partial charge in [0.05, 0.1) is 22.4 Å². The van der Waals surface area contributed by atoms with Crippen LogP contribution >= 0.6 is 0 Å². The van der Waals surface area contributed by atoms with Crippen molar-refractivity contribution < 1.29 is 29.2 Å². The molecule has 0 saturated carbocycles. The molecule has 0 amide bonds. The topological polar surface area (TPSA) is 44.9 Å². The third kappa shape index (κ3) is 9.84. The first-order valence-electron chi connectivity index (χ1n) is 28.8.